The van der Waals surface area contributed by atoms with Crippen molar-refractivity contribution in [1.82, 2.24) is 10.2 Å². The number of thioether (sulfide) groups is 2. The van der Waals surface area contributed by atoms with Crippen molar-refractivity contribution < 1.29 is 9.21 Å². The Labute approximate surface area is 163 Å². The molecule has 0 aliphatic rings. The van der Waals surface area contributed by atoms with Crippen molar-refractivity contribution in [2.24, 2.45) is 0 Å². The third kappa shape index (κ3) is 4.58. The second-order valence-electron chi connectivity index (χ2n) is 5.29. The Kier molecular flexibility index (Phi) is 6.55. The zero-order chi connectivity index (χ0) is 18.4. The van der Waals surface area contributed by atoms with E-state index in [1.807, 2.05) is 24.3 Å². The number of unbranched alkanes of at least 4 members (excludes halogenated alkanes) is 1. The number of anilines is 1. The lowest BCUT2D eigenvalue weighted by Gasteiger charge is -2.02. The summed E-state index contributed by atoms with van der Waals surface area (Å²) in [6, 6.07) is 9.21. The SMILES string of the molecule is CCCCSc1nnc(SCC(=O)Nc2c(C#N)oc3ccccc23)s1. The van der Waals surface area contributed by atoms with E-state index in [1.54, 1.807) is 17.8 Å². The van der Waals surface area contributed by atoms with Crippen LogP contribution in [0.5, 0.6) is 0 Å². The van der Waals surface area contributed by atoms with Crippen LogP contribution in [-0.4, -0.2) is 27.6 Å². The second-order valence-corrected chi connectivity index (χ2v) is 8.83. The van der Waals surface area contributed by atoms with E-state index in [0.717, 1.165) is 27.3 Å². The summed E-state index contributed by atoms with van der Waals surface area (Å²) in [5.41, 5.74) is 0.992. The molecule has 9 heteroatoms. The Bertz CT molecular complexity index is 945. The monoisotopic (exact) mass is 404 g/mol. The molecule has 1 amide bonds. The van der Waals surface area contributed by atoms with Crippen LogP contribution >= 0.6 is 34.9 Å². The fraction of sp³-hybridized carbons (Fsp3) is 0.294. The molecule has 0 fully saturated rings. The van der Waals surface area contributed by atoms with Crippen LogP contribution in [0.1, 0.15) is 25.5 Å². The van der Waals surface area contributed by atoms with E-state index in [0.29, 0.717) is 16.7 Å². The quantitative estimate of drug-likeness (QED) is 0.427. The van der Waals surface area contributed by atoms with E-state index >= 15 is 0 Å². The van der Waals surface area contributed by atoms with Gasteiger partial charge in [0.2, 0.25) is 11.7 Å². The molecule has 0 atom stereocenters. The number of hydrogen-bond acceptors (Lipinski definition) is 8. The van der Waals surface area contributed by atoms with E-state index < -0.39 is 0 Å². The molecule has 0 radical (unpaired) electrons. The second kappa shape index (κ2) is 9.07. The number of furan rings is 1. The predicted octanol–water partition coefficient (Wildman–Crippen LogP) is 4.78. The molecule has 2 heterocycles. The third-order valence-electron chi connectivity index (χ3n) is 3.40. The highest BCUT2D eigenvalue weighted by molar-refractivity contribution is 8.03. The number of carbonyl (C=O) groups is 1. The lowest BCUT2D eigenvalue weighted by molar-refractivity contribution is -0.113. The molecular formula is C17H16N4O2S3. The fourth-order valence-electron chi connectivity index (χ4n) is 2.17. The molecule has 0 spiro atoms. The maximum Gasteiger partial charge on any atom is 0.234 e. The minimum atomic E-state index is -0.214. The van der Waals surface area contributed by atoms with Gasteiger partial charge in [-0.2, -0.15) is 5.26 Å². The number of carbonyl (C=O) groups excluding carboxylic acids is 1. The van der Waals surface area contributed by atoms with Gasteiger partial charge in [-0.3, -0.25) is 4.79 Å². The smallest absolute Gasteiger partial charge is 0.234 e. The highest BCUT2D eigenvalue weighted by Gasteiger charge is 2.16. The molecule has 0 unspecified atom stereocenters. The summed E-state index contributed by atoms with van der Waals surface area (Å²) in [7, 11) is 0. The first kappa shape index (κ1) is 18.8. The summed E-state index contributed by atoms with van der Waals surface area (Å²) in [5.74, 6) is 1.11. The van der Waals surface area contributed by atoms with Crippen LogP contribution in [0.2, 0.25) is 0 Å². The van der Waals surface area contributed by atoms with Gasteiger partial charge in [0.25, 0.3) is 0 Å². The Hall–Kier alpha value is -2.02. The van der Waals surface area contributed by atoms with Gasteiger partial charge in [-0.05, 0) is 18.6 Å². The van der Waals surface area contributed by atoms with Gasteiger partial charge in [0, 0.05) is 11.1 Å². The van der Waals surface area contributed by atoms with Gasteiger partial charge in [0.05, 0.1) is 5.75 Å². The molecule has 1 N–H and O–H groups in total. The fourth-order valence-corrected chi connectivity index (χ4v) is 5.14. The number of aromatic nitrogens is 2. The number of rotatable bonds is 8. The van der Waals surface area contributed by atoms with Crippen molar-refractivity contribution in [3.8, 4) is 6.07 Å². The van der Waals surface area contributed by atoms with E-state index in [-0.39, 0.29) is 17.4 Å². The number of hydrogen-bond donors (Lipinski definition) is 1. The zero-order valence-corrected chi connectivity index (χ0v) is 16.5. The molecule has 0 bridgehead atoms. The first-order valence-corrected chi connectivity index (χ1v) is 10.8. The van der Waals surface area contributed by atoms with Crippen molar-refractivity contribution in [1.29, 1.82) is 5.26 Å². The molecule has 1 aromatic carbocycles. The first-order valence-electron chi connectivity index (χ1n) is 8.02. The predicted molar refractivity (Wildman–Crippen MR) is 106 cm³/mol. The average Bonchev–Trinajstić information content (AvgIpc) is 3.25. The van der Waals surface area contributed by atoms with Crippen LogP contribution in [0, 0.1) is 11.3 Å². The Morgan fingerprint density at radius 3 is 2.85 bits per heavy atom. The van der Waals surface area contributed by atoms with Crippen molar-refractivity contribution in [2.45, 2.75) is 28.4 Å². The summed E-state index contributed by atoms with van der Waals surface area (Å²) in [6.45, 7) is 2.15. The van der Waals surface area contributed by atoms with Crippen LogP contribution in [0.4, 0.5) is 5.69 Å². The lowest BCUT2D eigenvalue weighted by Crippen LogP contribution is -2.14. The summed E-state index contributed by atoms with van der Waals surface area (Å²) < 4.78 is 7.14. The van der Waals surface area contributed by atoms with Crippen molar-refractivity contribution in [2.75, 3.05) is 16.8 Å². The maximum atomic E-state index is 12.3. The van der Waals surface area contributed by atoms with Crippen LogP contribution in [0.15, 0.2) is 37.4 Å². The molecule has 0 saturated heterocycles. The van der Waals surface area contributed by atoms with Crippen LogP contribution in [0.25, 0.3) is 11.0 Å². The van der Waals surface area contributed by atoms with Gasteiger partial charge < -0.3 is 9.73 Å². The number of fused-ring (bicyclic) bond motifs is 1. The minimum absolute atomic E-state index is 0.107. The van der Waals surface area contributed by atoms with Gasteiger partial charge in [0.1, 0.15) is 17.3 Å². The average molecular weight is 405 g/mol. The number of amides is 1. The van der Waals surface area contributed by atoms with Gasteiger partial charge in [-0.1, -0.05) is 60.3 Å². The van der Waals surface area contributed by atoms with Crippen LogP contribution in [-0.2, 0) is 4.79 Å². The molecule has 6 nitrogen and oxygen atoms in total. The summed E-state index contributed by atoms with van der Waals surface area (Å²) in [4.78, 5) is 12.3. The summed E-state index contributed by atoms with van der Waals surface area (Å²) in [6.07, 6.45) is 2.30. The number of para-hydroxylation sites is 1. The van der Waals surface area contributed by atoms with E-state index in [1.165, 1.54) is 23.1 Å². The molecular weight excluding hydrogens is 388 g/mol. The standard InChI is InChI=1S/C17H16N4O2S3/c1-2-3-8-24-16-20-21-17(26-16)25-10-14(22)19-15-11-6-4-5-7-12(11)23-13(15)9-18/h4-7H,2-3,8,10H2,1H3,(H,19,22). The molecule has 3 aromatic rings. The lowest BCUT2D eigenvalue weighted by atomic mass is 10.2. The Morgan fingerprint density at radius 1 is 1.31 bits per heavy atom. The Balaban J connectivity index is 1.59. The maximum absolute atomic E-state index is 12.3. The number of benzene rings is 1. The minimum Gasteiger partial charge on any atom is -0.443 e. The molecule has 134 valence electrons. The van der Waals surface area contributed by atoms with Gasteiger partial charge in [0.15, 0.2) is 8.68 Å². The highest BCUT2D eigenvalue weighted by Crippen LogP contribution is 2.32. The summed E-state index contributed by atoms with van der Waals surface area (Å²) in [5, 5.41) is 20.9. The molecule has 0 saturated carbocycles. The Morgan fingerprint density at radius 2 is 2.08 bits per heavy atom. The van der Waals surface area contributed by atoms with E-state index in [9.17, 15) is 10.1 Å². The molecule has 0 aliphatic heterocycles. The van der Waals surface area contributed by atoms with Gasteiger partial charge in [-0.15, -0.1) is 10.2 Å². The van der Waals surface area contributed by atoms with E-state index in [4.69, 9.17) is 4.42 Å². The van der Waals surface area contributed by atoms with Gasteiger partial charge in [-0.25, -0.2) is 0 Å². The topological polar surface area (TPSA) is 91.8 Å². The number of nitrogens with one attached hydrogen (secondary N) is 1. The van der Waals surface area contributed by atoms with E-state index in [2.05, 4.69) is 22.4 Å². The number of nitriles is 1. The van der Waals surface area contributed by atoms with Crippen molar-refractivity contribution in [3.05, 3.63) is 30.0 Å². The molecule has 0 aliphatic carbocycles. The van der Waals surface area contributed by atoms with Gasteiger partial charge >= 0.3 is 0 Å². The van der Waals surface area contributed by atoms with Crippen molar-refractivity contribution >= 4 is 57.4 Å². The largest absolute Gasteiger partial charge is 0.443 e. The highest BCUT2D eigenvalue weighted by atomic mass is 32.2. The van der Waals surface area contributed by atoms with Crippen molar-refractivity contribution in [3.63, 3.8) is 0 Å². The normalized spacial score (nSPS) is 10.8. The molecule has 26 heavy (non-hydrogen) atoms. The first-order chi connectivity index (χ1) is 12.7. The molecule has 2 aromatic heterocycles. The van der Waals surface area contributed by atoms with Crippen LogP contribution < -0.4 is 5.32 Å². The molecule has 3 rings (SSSR count). The summed E-state index contributed by atoms with van der Waals surface area (Å²) >= 11 is 4.52. The van der Waals surface area contributed by atoms with Crippen LogP contribution in [0.3, 0.4) is 0 Å². The third-order valence-corrected chi connectivity index (χ3v) is 6.68. The number of nitrogens with zero attached hydrogens (tertiary/aromatic N) is 3. The zero-order valence-electron chi connectivity index (χ0n) is 14.0.